The van der Waals surface area contributed by atoms with E-state index in [4.69, 9.17) is 26.8 Å². The number of rotatable bonds is 5. The van der Waals surface area contributed by atoms with Crippen molar-refractivity contribution in [2.24, 2.45) is 0 Å². The van der Waals surface area contributed by atoms with Crippen LogP contribution in [0.15, 0.2) is 29.1 Å². The lowest BCUT2D eigenvalue weighted by Gasteiger charge is -2.12. The van der Waals surface area contributed by atoms with Crippen LogP contribution in [-0.4, -0.2) is 39.2 Å². The number of nitrogens with zero attached hydrogens (tertiary/aromatic N) is 3. The Labute approximate surface area is 158 Å². The molecule has 1 aromatic carbocycles. The monoisotopic (exact) mass is 388 g/mol. The molecular formula is C17H17ClN6O3. The predicted octanol–water partition coefficient (Wildman–Crippen LogP) is 2.33. The number of ether oxygens (including phenoxy) is 2. The highest BCUT2D eigenvalue weighted by Crippen LogP contribution is 2.28. The molecule has 3 heterocycles. The van der Waals surface area contributed by atoms with E-state index < -0.39 is 5.56 Å². The smallest absolute Gasteiger partial charge is 0.290 e. The summed E-state index contributed by atoms with van der Waals surface area (Å²) >= 11 is 6.09. The van der Waals surface area contributed by atoms with Crippen LogP contribution in [0, 0.1) is 0 Å². The zero-order chi connectivity index (χ0) is 18.8. The van der Waals surface area contributed by atoms with E-state index in [-0.39, 0.29) is 23.0 Å². The second kappa shape index (κ2) is 7.37. The summed E-state index contributed by atoms with van der Waals surface area (Å²) in [6, 6.07) is 6.62. The van der Waals surface area contributed by atoms with E-state index in [0.717, 1.165) is 19.4 Å². The van der Waals surface area contributed by atoms with Crippen LogP contribution in [0.3, 0.4) is 0 Å². The largest absolute Gasteiger partial charge is 0.436 e. The van der Waals surface area contributed by atoms with Gasteiger partial charge in [0.25, 0.3) is 5.56 Å². The maximum Gasteiger partial charge on any atom is 0.290 e. The third-order valence-corrected chi connectivity index (χ3v) is 4.30. The van der Waals surface area contributed by atoms with Crippen LogP contribution in [0.5, 0.6) is 11.6 Å². The number of hydrogen-bond donors (Lipinski definition) is 3. The average Bonchev–Trinajstić information content (AvgIpc) is 3.15. The quantitative estimate of drug-likeness (QED) is 0.568. The molecule has 4 rings (SSSR count). The maximum atomic E-state index is 11.6. The second-order valence-corrected chi connectivity index (χ2v) is 6.46. The van der Waals surface area contributed by atoms with E-state index in [9.17, 15) is 4.79 Å². The molecule has 2 aromatic heterocycles. The van der Waals surface area contributed by atoms with Gasteiger partial charge < -0.3 is 25.5 Å². The molecule has 140 valence electrons. The van der Waals surface area contributed by atoms with Crippen LogP contribution in [0.2, 0.25) is 5.15 Å². The van der Waals surface area contributed by atoms with Crippen LogP contribution in [0.4, 0.5) is 11.8 Å². The van der Waals surface area contributed by atoms with Gasteiger partial charge in [-0.1, -0.05) is 17.7 Å². The highest BCUT2D eigenvalue weighted by Gasteiger charge is 2.16. The Hall–Kier alpha value is -2.91. The number of benzene rings is 1. The van der Waals surface area contributed by atoms with Crippen molar-refractivity contribution in [2.75, 3.05) is 24.2 Å². The molecule has 27 heavy (non-hydrogen) atoms. The van der Waals surface area contributed by atoms with Crippen molar-refractivity contribution in [3.05, 3.63) is 39.8 Å². The number of fused-ring (bicyclic) bond motifs is 1. The van der Waals surface area contributed by atoms with Gasteiger partial charge in [0, 0.05) is 19.2 Å². The van der Waals surface area contributed by atoms with Crippen LogP contribution in [0.25, 0.3) is 11.0 Å². The van der Waals surface area contributed by atoms with Crippen molar-refractivity contribution in [3.63, 3.8) is 0 Å². The van der Waals surface area contributed by atoms with Crippen molar-refractivity contribution in [2.45, 2.75) is 18.9 Å². The summed E-state index contributed by atoms with van der Waals surface area (Å²) in [6.45, 7) is 1.36. The molecule has 1 saturated heterocycles. The second-order valence-electron chi connectivity index (χ2n) is 6.07. The molecule has 9 nitrogen and oxygen atoms in total. The first-order valence-corrected chi connectivity index (χ1v) is 8.83. The van der Waals surface area contributed by atoms with Crippen molar-refractivity contribution in [3.8, 4) is 11.6 Å². The molecule has 10 heteroatoms. The molecule has 4 N–H and O–H groups in total. The molecular weight excluding hydrogens is 372 g/mol. The SMILES string of the molecule is Nc1nc2c(Oc3cc(Cl)nc(NCC4CCCO4)n3)cccc2[nH]c1=O. The summed E-state index contributed by atoms with van der Waals surface area (Å²) in [5.74, 6) is 0.825. The van der Waals surface area contributed by atoms with E-state index in [1.807, 2.05) is 0 Å². The summed E-state index contributed by atoms with van der Waals surface area (Å²) in [4.78, 5) is 26.9. The van der Waals surface area contributed by atoms with Gasteiger partial charge >= 0.3 is 0 Å². The lowest BCUT2D eigenvalue weighted by atomic mass is 10.2. The van der Waals surface area contributed by atoms with Gasteiger partial charge in [0.15, 0.2) is 11.6 Å². The molecule has 0 amide bonds. The number of aromatic amines is 1. The van der Waals surface area contributed by atoms with Crippen molar-refractivity contribution in [1.82, 2.24) is 19.9 Å². The van der Waals surface area contributed by atoms with Gasteiger partial charge in [0.2, 0.25) is 11.8 Å². The van der Waals surface area contributed by atoms with Gasteiger partial charge in [-0.15, -0.1) is 0 Å². The number of aromatic nitrogens is 4. The fourth-order valence-corrected chi connectivity index (χ4v) is 3.00. The van der Waals surface area contributed by atoms with Gasteiger partial charge in [-0.2, -0.15) is 4.98 Å². The Morgan fingerprint density at radius 1 is 1.37 bits per heavy atom. The van der Waals surface area contributed by atoms with Crippen LogP contribution in [-0.2, 0) is 4.74 Å². The summed E-state index contributed by atoms with van der Waals surface area (Å²) in [5.41, 5.74) is 6.08. The average molecular weight is 389 g/mol. The zero-order valence-corrected chi connectivity index (χ0v) is 15.0. The Balaban J connectivity index is 1.59. The molecule has 0 bridgehead atoms. The number of H-pyrrole nitrogens is 1. The van der Waals surface area contributed by atoms with Crippen molar-refractivity contribution >= 4 is 34.4 Å². The molecule has 0 saturated carbocycles. The number of para-hydroxylation sites is 1. The number of nitrogens with two attached hydrogens (primary N) is 1. The first-order chi connectivity index (χ1) is 13.1. The molecule has 0 radical (unpaired) electrons. The standard InChI is InChI=1S/C17H17ClN6O3/c18-12-7-13(23-17(22-12)20-8-9-3-2-6-26-9)27-11-5-1-4-10-14(11)24-15(19)16(25)21-10/h1,4-5,7,9H,2-3,6,8H2,(H2,19,24)(H,21,25)(H,20,22,23). The first-order valence-electron chi connectivity index (χ1n) is 8.45. The fraction of sp³-hybridized carbons (Fsp3) is 0.294. The fourth-order valence-electron chi connectivity index (χ4n) is 2.83. The van der Waals surface area contributed by atoms with Crippen LogP contribution in [0.1, 0.15) is 12.8 Å². The molecule has 1 unspecified atom stereocenters. The normalized spacial score (nSPS) is 16.6. The van der Waals surface area contributed by atoms with Crippen LogP contribution < -0.4 is 21.3 Å². The van der Waals surface area contributed by atoms with Gasteiger partial charge in [0.1, 0.15) is 10.7 Å². The third-order valence-electron chi connectivity index (χ3n) is 4.11. The lowest BCUT2D eigenvalue weighted by Crippen LogP contribution is -2.19. The van der Waals surface area contributed by atoms with Gasteiger partial charge in [-0.05, 0) is 25.0 Å². The number of hydrogen-bond acceptors (Lipinski definition) is 8. The predicted molar refractivity (Wildman–Crippen MR) is 101 cm³/mol. The Bertz CT molecular complexity index is 1030. The summed E-state index contributed by atoms with van der Waals surface area (Å²) in [5, 5.41) is 3.34. The highest BCUT2D eigenvalue weighted by atomic mass is 35.5. The zero-order valence-electron chi connectivity index (χ0n) is 14.2. The number of halogens is 1. The summed E-state index contributed by atoms with van der Waals surface area (Å²) in [6.07, 6.45) is 2.19. The molecule has 3 aromatic rings. The number of anilines is 2. The molecule has 1 fully saturated rings. The van der Waals surface area contributed by atoms with E-state index >= 15 is 0 Å². The van der Waals surface area contributed by atoms with Crippen molar-refractivity contribution < 1.29 is 9.47 Å². The van der Waals surface area contributed by atoms with E-state index in [0.29, 0.717) is 29.3 Å². The van der Waals surface area contributed by atoms with Gasteiger partial charge in [-0.3, -0.25) is 4.79 Å². The first kappa shape index (κ1) is 17.5. The Morgan fingerprint density at radius 3 is 3.07 bits per heavy atom. The Kier molecular flexibility index (Phi) is 4.78. The lowest BCUT2D eigenvalue weighted by molar-refractivity contribution is 0.120. The van der Waals surface area contributed by atoms with E-state index in [1.54, 1.807) is 18.2 Å². The van der Waals surface area contributed by atoms with Crippen LogP contribution >= 0.6 is 11.6 Å². The van der Waals surface area contributed by atoms with Gasteiger partial charge in [0.05, 0.1) is 11.6 Å². The van der Waals surface area contributed by atoms with E-state index in [1.165, 1.54) is 6.07 Å². The minimum absolute atomic E-state index is 0.138. The third kappa shape index (κ3) is 3.93. The summed E-state index contributed by atoms with van der Waals surface area (Å²) in [7, 11) is 0. The molecule has 0 spiro atoms. The van der Waals surface area contributed by atoms with E-state index in [2.05, 4.69) is 25.3 Å². The molecule has 0 aliphatic carbocycles. The maximum absolute atomic E-state index is 11.6. The minimum Gasteiger partial charge on any atom is -0.436 e. The highest BCUT2D eigenvalue weighted by molar-refractivity contribution is 6.29. The van der Waals surface area contributed by atoms with Crippen molar-refractivity contribution in [1.29, 1.82) is 0 Å². The molecule has 1 aliphatic rings. The topological polar surface area (TPSA) is 128 Å². The number of nitrogen functional groups attached to an aromatic ring is 1. The number of nitrogens with one attached hydrogen (secondary N) is 2. The Morgan fingerprint density at radius 2 is 2.26 bits per heavy atom. The summed E-state index contributed by atoms with van der Waals surface area (Å²) < 4.78 is 11.4. The molecule has 1 atom stereocenters. The van der Waals surface area contributed by atoms with Gasteiger partial charge in [-0.25, -0.2) is 9.97 Å². The molecule has 1 aliphatic heterocycles. The minimum atomic E-state index is -0.453.